The third kappa shape index (κ3) is 5.01. The number of aryl methyl sites for hydroxylation is 1. The maximum atomic E-state index is 6.03. The molecule has 0 spiro atoms. The Morgan fingerprint density at radius 1 is 0.872 bits per heavy atom. The molecule has 2 aromatic carbocycles. The minimum Gasteiger partial charge on any atom is -0.457 e. The van der Waals surface area contributed by atoms with Crippen molar-refractivity contribution < 1.29 is 4.74 Å². The zero-order chi connectivity index (χ0) is 26.8. The Morgan fingerprint density at radius 2 is 1.64 bits per heavy atom. The number of para-hydroxylation sites is 1. The fraction of sp³-hybridized carbons (Fsp3) is 0.156. The molecule has 0 aliphatic carbocycles. The summed E-state index contributed by atoms with van der Waals surface area (Å²) in [6.07, 6.45) is 5.56. The van der Waals surface area contributed by atoms with Crippen molar-refractivity contribution in [3.8, 4) is 11.5 Å². The smallest absolute Gasteiger partial charge is 0.174 e. The van der Waals surface area contributed by atoms with Crippen molar-refractivity contribution in [1.82, 2.24) is 19.9 Å². The van der Waals surface area contributed by atoms with Crippen LogP contribution < -0.4 is 15.0 Å². The van der Waals surface area contributed by atoms with Crippen molar-refractivity contribution in [1.29, 1.82) is 0 Å². The van der Waals surface area contributed by atoms with Crippen molar-refractivity contribution in [3.63, 3.8) is 0 Å². The molecular formula is C32H29N5OS. The number of hydrogen-bond donors (Lipinski definition) is 1. The van der Waals surface area contributed by atoms with Crippen molar-refractivity contribution >= 4 is 23.0 Å². The first-order valence-electron chi connectivity index (χ1n) is 13.0. The van der Waals surface area contributed by atoms with Gasteiger partial charge in [0.05, 0.1) is 17.8 Å². The summed E-state index contributed by atoms with van der Waals surface area (Å²) in [6.45, 7) is 5.10. The lowest BCUT2D eigenvalue weighted by Gasteiger charge is -2.28. The number of ether oxygens (including phenoxy) is 1. The minimum absolute atomic E-state index is 0.0814. The van der Waals surface area contributed by atoms with E-state index in [0.717, 1.165) is 35.0 Å². The summed E-state index contributed by atoms with van der Waals surface area (Å²) in [6, 6.07) is 30.1. The third-order valence-corrected chi connectivity index (χ3v) is 7.50. The minimum atomic E-state index is -0.105. The van der Waals surface area contributed by atoms with Crippen molar-refractivity contribution in [2.45, 2.75) is 32.5 Å². The SMILES string of the molecule is Cc1cc([C@H]2[C@H](c3ccccn3)NC(=S)N2c2ccc(Oc3ccccc3)cc2)c(C)n1Cc1cccnc1. The lowest BCUT2D eigenvalue weighted by molar-refractivity contribution is 0.482. The molecule has 4 heterocycles. The number of hydrogen-bond acceptors (Lipinski definition) is 4. The first kappa shape index (κ1) is 24.8. The molecule has 3 aromatic heterocycles. The number of benzene rings is 2. The molecule has 0 radical (unpaired) electrons. The summed E-state index contributed by atoms with van der Waals surface area (Å²) in [5.41, 5.74) is 6.71. The van der Waals surface area contributed by atoms with Gasteiger partial charge in [-0.1, -0.05) is 30.3 Å². The summed E-state index contributed by atoms with van der Waals surface area (Å²) in [5, 5.41) is 4.24. The average molecular weight is 532 g/mol. The number of nitrogens with zero attached hydrogens (tertiary/aromatic N) is 4. The summed E-state index contributed by atoms with van der Waals surface area (Å²) in [7, 11) is 0. The number of nitrogens with one attached hydrogen (secondary N) is 1. The van der Waals surface area contributed by atoms with Crippen molar-refractivity contribution in [2.24, 2.45) is 0 Å². The summed E-state index contributed by atoms with van der Waals surface area (Å²) in [4.78, 5) is 11.2. The van der Waals surface area contributed by atoms with E-state index in [1.807, 2.05) is 73.1 Å². The second kappa shape index (κ2) is 10.7. The Balaban J connectivity index is 1.38. The Kier molecular flexibility index (Phi) is 6.82. The number of aromatic nitrogens is 3. The van der Waals surface area contributed by atoms with E-state index in [9.17, 15) is 0 Å². The molecule has 5 aromatic rings. The van der Waals surface area contributed by atoms with E-state index in [1.165, 1.54) is 17.0 Å². The van der Waals surface area contributed by atoms with Gasteiger partial charge >= 0.3 is 0 Å². The fourth-order valence-electron chi connectivity index (χ4n) is 5.29. The van der Waals surface area contributed by atoms with Gasteiger partial charge in [-0.25, -0.2) is 0 Å². The molecular weight excluding hydrogens is 502 g/mol. The van der Waals surface area contributed by atoms with Crippen LogP contribution in [0.4, 0.5) is 5.69 Å². The van der Waals surface area contributed by atoms with E-state index in [0.29, 0.717) is 5.11 Å². The van der Waals surface area contributed by atoms with E-state index >= 15 is 0 Å². The zero-order valence-electron chi connectivity index (χ0n) is 21.9. The van der Waals surface area contributed by atoms with Gasteiger partial charge in [0.25, 0.3) is 0 Å². The molecule has 1 saturated heterocycles. The summed E-state index contributed by atoms with van der Waals surface area (Å²) in [5.74, 6) is 1.58. The predicted molar refractivity (Wildman–Crippen MR) is 158 cm³/mol. The number of rotatable bonds is 7. The van der Waals surface area contributed by atoms with Crippen LogP contribution in [0.1, 0.15) is 40.3 Å². The predicted octanol–water partition coefficient (Wildman–Crippen LogP) is 6.91. The molecule has 7 heteroatoms. The molecule has 39 heavy (non-hydrogen) atoms. The molecule has 0 amide bonds. The van der Waals surface area contributed by atoms with Crippen LogP contribution in [0.2, 0.25) is 0 Å². The number of anilines is 1. The highest BCUT2D eigenvalue weighted by molar-refractivity contribution is 7.80. The monoisotopic (exact) mass is 531 g/mol. The third-order valence-electron chi connectivity index (χ3n) is 7.19. The van der Waals surface area contributed by atoms with Gasteiger partial charge in [-0.05, 0) is 97.9 Å². The highest BCUT2D eigenvalue weighted by Gasteiger charge is 2.42. The van der Waals surface area contributed by atoms with Crippen LogP contribution in [0.25, 0.3) is 0 Å². The van der Waals surface area contributed by atoms with E-state index in [1.54, 1.807) is 6.20 Å². The topological polar surface area (TPSA) is 55.2 Å². The molecule has 1 N–H and O–H groups in total. The molecule has 6 rings (SSSR count). The van der Waals surface area contributed by atoms with E-state index in [2.05, 4.69) is 63.9 Å². The van der Waals surface area contributed by atoms with Crippen LogP contribution in [0.5, 0.6) is 11.5 Å². The van der Waals surface area contributed by atoms with Crippen LogP contribution in [-0.2, 0) is 6.54 Å². The molecule has 1 fully saturated rings. The molecule has 1 aliphatic heterocycles. The van der Waals surface area contributed by atoms with Crippen LogP contribution in [0, 0.1) is 13.8 Å². The van der Waals surface area contributed by atoms with Gasteiger partial charge in [-0.15, -0.1) is 0 Å². The fourth-order valence-corrected chi connectivity index (χ4v) is 5.64. The Labute approximate surface area is 233 Å². The standard InChI is InChI=1S/C32H29N5OS/c1-22-19-28(23(2)36(22)21-24-9-8-17-33-20-24)31-30(29-12-6-7-18-34-29)35-32(39)37(31)25-13-15-27(16-14-25)38-26-10-4-3-5-11-26/h3-20,30-31H,21H2,1-2H3,(H,35,39)/t30-,31-/m0/s1. The van der Waals surface area contributed by atoms with Crippen LogP contribution in [0.15, 0.2) is 110 Å². The molecule has 1 aliphatic rings. The first-order chi connectivity index (χ1) is 19.1. The van der Waals surface area contributed by atoms with Gasteiger partial charge in [0, 0.05) is 42.2 Å². The Bertz CT molecular complexity index is 1570. The lowest BCUT2D eigenvalue weighted by atomic mass is 9.96. The second-order valence-electron chi connectivity index (χ2n) is 9.68. The zero-order valence-corrected chi connectivity index (χ0v) is 22.7. The van der Waals surface area contributed by atoms with Crippen LogP contribution in [0.3, 0.4) is 0 Å². The lowest BCUT2D eigenvalue weighted by Crippen LogP contribution is -2.29. The Hall–Kier alpha value is -4.49. The van der Waals surface area contributed by atoms with Gasteiger partial charge in [-0.3, -0.25) is 9.97 Å². The number of pyridine rings is 2. The van der Waals surface area contributed by atoms with Gasteiger partial charge < -0.3 is 19.5 Å². The van der Waals surface area contributed by atoms with Gasteiger partial charge in [-0.2, -0.15) is 0 Å². The highest BCUT2D eigenvalue weighted by Crippen LogP contribution is 2.43. The summed E-state index contributed by atoms with van der Waals surface area (Å²) < 4.78 is 8.38. The normalized spacial score (nSPS) is 16.8. The first-order valence-corrected chi connectivity index (χ1v) is 13.4. The molecule has 0 saturated carbocycles. The average Bonchev–Trinajstić information content (AvgIpc) is 3.46. The van der Waals surface area contributed by atoms with Gasteiger partial charge in [0.1, 0.15) is 11.5 Å². The number of thiocarbonyl (C=S) groups is 1. The van der Waals surface area contributed by atoms with Crippen LogP contribution in [-0.4, -0.2) is 19.6 Å². The molecule has 6 nitrogen and oxygen atoms in total. The highest BCUT2D eigenvalue weighted by atomic mass is 32.1. The summed E-state index contributed by atoms with van der Waals surface area (Å²) >= 11 is 5.94. The van der Waals surface area contributed by atoms with Crippen molar-refractivity contribution in [2.75, 3.05) is 4.90 Å². The molecule has 194 valence electrons. The van der Waals surface area contributed by atoms with E-state index < -0.39 is 0 Å². The molecule has 0 unspecified atom stereocenters. The van der Waals surface area contributed by atoms with Gasteiger partial charge in [0.2, 0.25) is 0 Å². The van der Waals surface area contributed by atoms with Crippen molar-refractivity contribution in [3.05, 3.63) is 138 Å². The quantitative estimate of drug-likeness (QED) is 0.230. The maximum Gasteiger partial charge on any atom is 0.174 e. The molecule has 0 bridgehead atoms. The second-order valence-corrected chi connectivity index (χ2v) is 10.1. The maximum absolute atomic E-state index is 6.03. The van der Waals surface area contributed by atoms with Crippen LogP contribution >= 0.6 is 12.2 Å². The Morgan fingerprint density at radius 3 is 2.36 bits per heavy atom. The van der Waals surface area contributed by atoms with Gasteiger partial charge in [0.15, 0.2) is 5.11 Å². The van der Waals surface area contributed by atoms with E-state index in [-0.39, 0.29) is 12.1 Å². The van der Waals surface area contributed by atoms with E-state index in [4.69, 9.17) is 21.9 Å². The molecule has 2 atom stereocenters. The largest absolute Gasteiger partial charge is 0.457 e.